The highest BCUT2D eigenvalue weighted by Gasteiger charge is 2.09. The summed E-state index contributed by atoms with van der Waals surface area (Å²) in [5, 5.41) is 0. The molecule has 1 amide bonds. The molecule has 0 N–H and O–H groups in total. The number of aryl methyl sites for hydroxylation is 1. The van der Waals surface area contributed by atoms with Gasteiger partial charge in [0.2, 0.25) is 5.88 Å². The molecule has 4 nitrogen and oxygen atoms in total. The molecule has 0 aliphatic carbocycles. The molecule has 20 heavy (non-hydrogen) atoms. The molecule has 1 heterocycles. The van der Waals surface area contributed by atoms with Crippen molar-refractivity contribution in [3.8, 4) is 11.6 Å². The van der Waals surface area contributed by atoms with Crippen LogP contribution in [0.1, 0.15) is 15.9 Å². The summed E-state index contributed by atoms with van der Waals surface area (Å²) in [6.45, 7) is 1.96. The molecular formula is C15H15BrN2O2. The average Bonchev–Trinajstić information content (AvgIpc) is 2.43. The number of pyridine rings is 1. The summed E-state index contributed by atoms with van der Waals surface area (Å²) in [6, 6.07) is 9.20. The monoisotopic (exact) mass is 334 g/mol. The Morgan fingerprint density at radius 3 is 2.60 bits per heavy atom. The van der Waals surface area contributed by atoms with E-state index in [4.69, 9.17) is 4.74 Å². The first-order valence-corrected chi connectivity index (χ1v) is 6.88. The number of hydrogen-bond donors (Lipinski definition) is 0. The molecule has 104 valence electrons. The number of aromatic nitrogens is 1. The molecule has 0 atom stereocenters. The van der Waals surface area contributed by atoms with Crippen molar-refractivity contribution in [1.82, 2.24) is 9.88 Å². The molecule has 0 bridgehead atoms. The lowest BCUT2D eigenvalue weighted by Gasteiger charge is -2.11. The van der Waals surface area contributed by atoms with E-state index < -0.39 is 0 Å². The third-order valence-electron chi connectivity index (χ3n) is 2.75. The van der Waals surface area contributed by atoms with E-state index in [1.165, 1.54) is 11.1 Å². The zero-order chi connectivity index (χ0) is 14.7. The summed E-state index contributed by atoms with van der Waals surface area (Å²) in [6.07, 6.45) is 1.52. The topological polar surface area (TPSA) is 42.4 Å². The fraction of sp³-hybridized carbons (Fsp3) is 0.200. The maximum atomic E-state index is 11.8. The number of halogens is 1. The van der Waals surface area contributed by atoms with E-state index in [9.17, 15) is 4.79 Å². The third kappa shape index (κ3) is 3.36. The van der Waals surface area contributed by atoms with Crippen molar-refractivity contribution in [3.05, 3.63) is 52.1 Å². The number of rotatable bonds is 3. The Bertz CT molecular complexity index is 624. The number of carbonyl (C=O) groups is 1. The first-order chi connectivity index (χ1) is 9.47. The minimum absolute atomic E-state index is 0.0808. The predicted octanol–water partition coefficient (Wildman–Crippen LogP) is 3.65. The van der Waals surface area contributed by atoms with Gasteiger partial charge < -0.3 is 9.64 Å². The van der Waals surface area contributed by atoms with Crippen molar-refractivity contribution in [1.29, 1.82) is 0 Å². The Balaban J connectivity index is 2.19. The maximum Gasteiger partial charge on any atom is 0.254 e. The van der Waals surface area contributed by atoms with Crippen LogP contribution in [-0.2, 0) is 0 Å². The lowest BCUT2D eigenvalue weighted by Crippen LogP contribution is -2.21. The van der Waals surface area contributed by atoms with E-state index in [-0.39, 0.29) is 5.91 Å². The largest absolute Gasteiger partial charge is 0.439 e. The van der Waals surface area contributed by atoms with E-state index in [2.05, 4.69) is 20.9 Å². The van der Waals surface area contributed by atoms with Crippen molar-refractivity contribution in [3.63, 3.8) is 0 Å². The Morgan fingerprint density at radius 1 is 1.25 bits per heavy atom. The average molecular weight is 335 g/mol. The molecule has 0 aliphatic rings. The van der Waals surface area contributed by atoms with Gasteiger partial charge in [0.25, 0.3) is 5.91 Å². The Hall–Kier alpha value is -1.88. The highest BCUT2D eigenvalue weighted by molar-refractivity contribution is 9.10. The van der Waals surface area contributed by atoms with Gasteiger partial charge in [-0.3, -0.25) is 4.79 Å². The minimum atomic E-state index is -0.0808. The van der Waals surface area contributed by atoms with E-state index in [1.807, 2.05) is 25.1 Å². The van der Waals surface area contributed by atoms with Crippen LogP contribution in [0.15, 0.2) is 41.0 Å². The predicted molar refractivity (Wildman–Crippen MR) is 81.2 cm³/mol. The van der Waals surface area contributed by atoms with E-state index in [1.54, 1.807) is 26.2 Å². The molecular weight excluding hydrogens is 320 g/mol. The van der Waals surface area contributed by atoms with Gasteiger partial charge in [0, 0.05) is 30.8 Å². The fourth-order valence-electron chi connectivity index (χ4n) is 1.62. The van der Waals surface area contributed by atoms with Crippen LogP contribution in [-0.4, -0.2) is 29.9 Å². The Labute approximate surface area is 126 Å². The van der Waals surface area contributed by atoms with Crippen LogP contribution in [0.3, 0.4) is 0 Å². The number of amides is 1. The summed E-state index contributed by atoms with van der Waals surface area (Å²) in [5.74, 6) is 1.11. The molecule has 0 saturated heterocycles. The summed E-state index contributed by atoms with van der Waals surface area (Å²) >= 11 is 3.41. The molecule has 5 heteroatoms. The maximum absolute atomic E-state index is 11.8. The van der Waals surface area contributed by atoms with Gasteiger partial charge in [-0.1, -0.05) is 22.0 Å². The highest BCUT2D eigenvalue weighted by atomic mass is 79.9. The fourth-order valence-corrected chi connectivity index (χ4v) is 1.96. The van der Waals surface area contributed by atoms with Gasteiger partial charge in [0.05, 0.1) is 5.56 Å². The quantitative estimate of drug-likeness (QED) is 0.860. The van der Waals surface area contributed by atoms with E-state index in [0.29, 0.717) is 11.4 Å². The number of carbonyl (C=O) groups excluding carboxylic acids is 1. The van der Waals surface area contributed by atoms with Crippen molar-refractivity contribution in [2.75, 3.05) is 14.1 Å². The second-order valence-corrected chi connectivity index (χ2v) is 5.51. The SMILES string of the molecule is Cc1ccc(Br)cc1Oc1ccc(C(=O)N(C)C)cn1. The molecule has 0 spiro atoms. The molecule has 1 aromatic carbocycles. The van der Waals surface area contributed by atoms with Crippen LogP contribution in [0, 0.1) is 6.92 Å². The van der Waals surface area contributed by atoms with Crippen LogP contribution in [0.5, 0.6) is 11.6 Å². The second kappa shape index (κ2) is 6.05. The molecule has 0 saturated carbocycles. The van der Waals surface area contributed by atoms with Gasteiger partial charge in [-0.05, 0) is 30.7 Å². The minimum Gasteiger partial charge on any atom is -0.439 e. The normalized spacial score (nSPS) is 10.2. The number of hydrogen-bond acceptors (Lipinski definition) is 3. The Morgan fingerprint density at radius 2 is 2.00 bits per heavy atom. The lowest BCUT2D eigenvalue weighted by atomic mass is 10.2. The van der Waals surface area contributed by atoms with Gasteiger partial charge in [-0.15, -0.1) is 0 Å². The van der Waals surface area contributed by atoms with Crippen molar-refractivity contribution >= 4 is 21.8 Å². The van der Waals surface area contributed by atoms with Crippen molar-refractivity contribution in [2.45, 2.75) is 6.92 Å². The Kier molecular flexibility index (Phi) is 4.39. The first-order valence-electron chi connectivity index (χ1n) is 6.09. The summed E-state index contributed by atoms with van der Waals surface area (Å²) < 4.78 is 6.66. The van der Waals surface area contributed by atoms with Gasteiger partial charge in [-0.25, -0.2) is 4.98 Å². The van der Waals surface area contributed by atoms with Crippen LogP contribution in [0.25, 0.3) is 0 Å². The van der Waals surface area contributed by atoms with E-state index in [0.717, 1.165) is 15.8 Å². The summed E-state index contributed by atoms with van der Waals surface area (Å²) in [4.78, 5) is 17.4. The summed E-state index contributed by atoms with van der Waals surface area (Å²) in [7, 11) is 3.41. The van der Waals surface area contributed by atoms with Gasteiger partial charge in [-0.2, -0.15) is 0 Å². The second-order valence-electron chi connectivity index (χ2n) is 4.60. The molecule has 0 unspecified atom stereocenters. The van der Waals surface area contributed by atoms with Gasteiger partial charge in [0.15, 0.2) is 0 Å². The molecule has 0 radical (unpaired) electrons. The van der Waals surface area contributed by atoms with E-state index >= 15 is 0 Å². The zero-order valence-corrected chi connectivity index (χ0v) is 13.1. The number of ether oxygens (including phenoxy) is 1. The molecule has 0 fully saturated rings. The van der Waals surface area contributed by atoms with Crippen LogP contribution in [0.4, 0.5) is 0 Å². The molecule has 1 aromatic heterocycles. The van der Waals surface area contributed by atoms with Gasteiger partial charge in [0.1, 0.15) is 5.75 Å². The molecule has 2 aromatic rings. The number of nitrogens with zero attached hydrogens (tertiary/aromatic N) is 2. The van der Waals surface area contributed by atoms with Crippen molar-refractivity contribution in [2.24, 2.45) is 0 Å². The molecule has 2 rings (SSSR count). The van der Waals surface area contributed by atoms with Crippen LogP contribution >= 0.6 is 15.9 Å². The standard InChI is InChI=1S/C15H15BrN2O2/c1-10-4-6-12(16)8-13(10)20-14-7-5-11(9-17-14)15(19)18(2)3/h4-9H,1-3H3. The van der Waals surface area contributed by atoms with Crippen LogP contribution < -0.4 is 4.74 Å². The van der Waals surface area contributed by atoms with Gasteiger partial charge >= 0.3 is 0 Å². The third-order valence-corrected chi connectivity index (χ3v) is 3.25. The van der Waals surface area contributed by atoms with Crippen LogP contribution in [0.2, 0.25) is 0 Å². The lowest BCUT2D eigenvalue weighted by molar-refractivity contribution is 0.0827. The summed E-state index contributed by atoms with van der Waals surface area (Å²) in [5.41, 5.74) is 1.55. The number of benzene rings is 1. The smallest absolute Gasteiger partial charge is 0.254 e. The van der Waals surface area contributed by atoms with Crippen molar-refractivity contribution < 1.29 is 9.53 Å². The first kappa shape index (κ1) is 14.5. The highest BCUT2D eigenvalue weighted by Crippen LogP contribution is 2.27. The zero-order valence-electron chi connectivity index (χ0n) is 11.6. The molecule has 0 aliphatic heterocycles.